The molecule has 1 aromatic rings. The van der Waals surface area contributed by atoms with Crippen LogP contribution in [0.25, 0.3) is 6.08 Å². The van der Waals surface area contributed by atoms with Crippen molar-refractivity contribution in [3.8, 4) is 0 Å². The Balaban J connectivity index is 2.16. The van der Waals surface area contributed by atoms with E-state index in [4.69, 9.17) is 16.3 Å². The summed E-state index contributed by atoms with van der Waals surface area (Å²) in [5, 5.41) is 16.6. The summed E-state index contributed by atoms with van der Waals surface area (Å²) < 4.78 is 6.18. The van der Waals surface area contributed by atoms with Crippen molar-refractivity contribution < 1.29 is 19.4 Å². The van der Waals surface area contributed by atoms with Gasteiger partial charge in [-0.05, 0) is 43.0 Å². The maximum absolute atomic E-state index is 11.8. The molecule has 3 N–H and O–H groups in total. The molecule has 0 unspecified atom stereocenters. The van der Waals surface area contributed by atoms with Gasteiger partial charge in [0.2, 0.25) is 5.91 Å². The highest BCUT2D eigenvalue weighted by Crippen LogP contribution is 2.24. The lowest BCUT2D eigenvalue weighted by molar-refractivity contribution is -0.133. The van der Waals surface area contributed by atoms with Crippen molar-refractivity contribution in [3.63, 3.8) is 0 Å². The highest BCUT2D eigenvalue weighted by Gasteiger charge is 2.37. The summed E-state index contributed by atoms with van der Waals surface area (Å²) in [4.78, 5) is 23.5. The minimum atomic E-state index is -0.962. The number of carbonyl (C=O) groups excluding carboxylic acids is 1. The molecule has 1 aliphatic rings. The van der Waals surface area contributed by atoms with Gasteiger partial charge in [0.25, 0.3) is 0 Å². The van der Waals surface area contributed by atoms with Crippen LogP contribution in [0.3, 0.4) is 0 Å². The van der Waals surface area contributed by atoms with Gasteiger partial charge in [0.05, 0.1) is 18.2 Å². The van der Waals surface area contributed by atoms with Crippen molar-refractivity contribution in [3.05, 3.63) is 52.6 Å². The van der Waals surface area contributed by atoms with Gasteiger partial charge in [-0.25, -0.2) is 4.79 Å². The molecule has 0 aromatic heterocycles. The first-order chi connectivity index (χ1) is 14.3. The Labute approximate surface area is 183 Å². The Kier molecular flexibility index (Phi) is 9.56. The molecule has 1 aromatic carbocycles. The second kappa shape index (κ2) is 11.9. The van der Waals surface area contributed by atoms with Crippen LogP contribution in [0, 0.1) is 0 Å². The van der Waals surface area contributed by atoms with Crippen LogP contribution in [0.15, 0.2) is 42.0 Å². The highest BCUT2D eigenvalue weighted by molar-refractivity contribution is 6.30. The van der Waals surface area contributed by atoms with Gasteiger partial charge in [0.15, 0.2) is 0 Å². The van der Waals surface area contributed by atoms with Crippen molar-refractivity contribution in [2.45, 2.75) is 64.3 Å². The molecule has 0 heterocycles. The third-order valence-corrected chi connectivity index (χ3v) is 5.39. The first-order valence-electron chi connectivity index (χ1n) is 10.4. The summed E-state index contributed by atoms with van der Waals surface area (Å²) in [5.74, 6) is -1.14. The van der Waals surface area contributed by atoms with E-state index in [2.05, 4.69) is 10.6 Å². The van der Waals surface area contributed by atoms with E-state index in [1.54, 1.807) is 6.08 Å². The lowest BCUT2D eigenvalue weighted by atomic mass is 9.87. The number of ether oxygens (including phenoxy) is 1. The molecule has 2 rings (SSSR count). The fraction of sp³-hybridized carbons (Fsp3) is 0.478. The number of aliphatic carboxylic acids is 1. The average Bonchev–Trinajstić information content (AvgIpc) is 2.70. The quantitative estimate of drug-likeness (QED) is 0.521. The normalized spacial score (nSPS) is 21.6. The number of carbonyl (C=O) groups is 2. The van der Waals surface area contributed by atoms with Crippen LogP contribution >= 0.6 is 11.6 Å². The molecule has 164 valence electrons. The van der Waals surface area contributed by atoms with Crippen LogP contribution in [-0.4, -0.2) is 47.8 Å². The van der Waals surface area contributed by atoms with Crippen LogP contribution in [0.2, 0.25) is 5.02 Å². The number of nitrogens with one attached hydrogen (secondary N) is 2. The zero-order chi connectivity index (χ0) is 22.1. The molecule has 0 aliphatic heterocycles. The topological polar surface area (TPSA) is 87.7 Å². The van der Waals surface area contributed by atoms with Gasteiger partial charge >= 0.3 is 5.97 Å². The zero-order valence-corrected chi connectivity index (χ0v) is 18.5. The highest BCUT2D eigenvalue weighted by atomic mass is 35.5. The second-order valence-corrected chi connectivity index (χ2v) is 7.88. The Hall–Kier alpha value is -2.15. The fourth-order valence-corrected chi connectivity index (χ4v) is 3.79. The van der Waals surface area contributed by atoms with E-state index in [1.165, 1.54) is 6.92 Å². The largest absolute Gasteiger partial charge is 0.478 e. The molecule has 30 heavy (non-hydrogen) atoms. The first-order valence-corrected chi connectivity index (χ1v) is 10.7. The van der Waals surface area contributed by atoms with Gasteiger partial charge in [-0.1, -0.05) is 49.7 Å². The molecule has 1 amide bonds. The molecule has 0 saturated carbocycles. The van der Waals surface area contributed by atoms with Crippen LogP contribution in [0.5, 0.6) is 0 Å². The third-order valence-electron chi connectivity index (χ3n) is 5.15. The van der Waals surface area contributed by atoms with Gasteiger partial charge in [0.1, 0.15) is 0 Å². The van der Waals surface area contributed by atoms with Gasteiger partial charge in [-0.2, -0.15) is 0 Å². The predicted molar refractivity (Wildman–Crippen MR) is 119 cm³/mol. The first kappa shape index (κ1) is 24.1. The van der Waals surface area contributed by atoms with Crippen molar-refractivity contribution in [2.24, 2.45) is 0 Å². The maximum Gasteiger partial charge on any atom is 0.331 e. The fourth-order valence-electron chi connectivity index (χ4n) is 3.59. The molecular weight excluding hydrogens is 404 g/mol. The predicted octanol–water partition coefficient (Wildman–Crippen LogP) is 3.80. The molecule has 0 spiro atoms. The summed E-state index contributed by atoms with van der Waals surface area (Å²) in [6.07, 6.45) is 6.96. The standard InChI is InChI=1S/C23H31ClN2O4/c1-4-19(5-2)30-21-14-17(23(28)29)13-20(22(21)26-15(3)27)25-11-7-9-16-8-6-10-18(24)12-16/h6-10,12,14,19-22,25H,4-5,11,13H2,1-3H3,(H,26,27)(H,28,29)/b9-7+/t20-,21+,22+/m0/s1. The number of rotatable bonds is 10. The van der Waals surface area contributed by atoms with Crippen molar-refractivity contribution >= 4 is 29.6 Å². The van der Waals surface area contributed by atoms with Crippen LogP contribution in [-0.2, 0) is 14.3 Å². The van der Waals surface area contributed by atoms with Gasteiger partial charge < -0.3 is 20.5 Å². The molecule has 0 radical (unpaired) electrons. The lowest BCUT2D eigenvalue weighted by Crippen LogP contribution is -2.58. The van der Waals surface area contributed by atoms with E-state index < -0.39 is 12.1 Å². The van der Waals surface area contributed by atoms with E-state index in [-0.39, 0.29) is 24.1 Å². The molecule has 3 atom stereocenters. The lowest BCUT2D eigenvalue weighted by Gasteiger charge is -2.38. The average molecular weight is 435 g/mol. The minimum absolute atomic E-state index is 0.000900. The third kappa shape index (κ3) is 7.27. The van der Waals surface area contributed by atoms with Crippen molar-refractivity contribution in [2.75, 3.05) is 6.54 Å². The molecule has 0 saturated heterocycles. The molecule has 7 heteroatoms. The van der Waals surface area contributed by atoms with E-state index in [1.807, 2.05) is 50.3 Å². The summed E-state index contributed by atoms with van der Waals surface area (Å²) in [7, 11) is 0. The Bertz CT molecular complexity index is 789. The molecule has 1 aliphatic carbocycles. The summed E-state index contributed by atoms with van der Waals surface area (Å²) in [6.45, 7) is 6.03. The van der Waals surface area contributed by atoms with Crippen LogP contribution in [0.4, 0.5) is 0 Å². The van der Waals surface area contributed by atoms with Gasteiger partial charge in [-0.3, -0.25) is 4.79 Å². The van der Waals surface area contributed by atoms with E-state index in [9.17, 15) is 14.7 Å². The van der Waals surface area contributed by atoms with Crippen LogP contribution < -0.4 is 10.6 Å². The van der Waals surface area contributed by atoms with Gasteiger partial charge in [0, 0.05) is 30.1 Å². The van der Waals surface area contributed by atoms with Gasteiger partial charge in [-0.15, -0.1) is 0 Å². The van der Waals surface area contributed by atoms with Crippen LogP contribution in [0.1, 0.15) is 45.6 Å². The summed E-state index contributed by atoms with van der Waals surface area (Å²) in [6, 6.07) is 6.89. The second-order valence-electron chi connectivity index (χ2n) is 7.44. The number of hydrogen-bond donors (Lipinski definition) is 3. The maximum atomic E-state index is 11.8. The van der Waals surface area contributed by atoms with Crippen molar-refractivity contribution in [1.82, 2.24) is 10.6 Å². The number of hydrogen-bond acceptors (Lipinski definition) is 4. The smallest absolute Gasteiger partial charge is 0.331 e. The van der Waals surface area contributed by atoms with Crippen molar-refractivity contribution in [1.29, 1.82) is 0 Å². The van der Waals surface area contributed by atoms with E-state index in [0.29, 0.717) is 23.6 Å². The number of carboxylic acids is 1. The molecule has 6 nitrogen and oxygen atoms in total. The molecule has 0 bridgehead atoms. The minimum Gasteiger partial charge on any atom is -0.478 e. The number of amides is 1. The summed E-state index contributed by atoms with van der Waals surface area (Å²) >= 11 is 6.01. The Morgan fingerprint density at radius 3 is 2.67 bits per heavy atom. The van der Waals surface area contributed by atoms with E-state index >= 15 is 0 Å². The molecule has 0 fully saturated rings. The molecular formula is C23H31ClN2O4. The number of carboxylic acid groups (broad SMARTS) is 1. The number of benzene rings is 1. The zero-order valence-electron chi connectivity index (χ0n) is 17.7. The summed E-state index contributed by atoms with van der Waals surface area (Å²) in [5.41, 5.74) is 1.27. The Morgan fingerprint density at radius 2 is 2.07 bits per heavy atom. The SMILES string of the molecule is CCC(CC)O[C@@H]1C=C(C(=O)O)C[C@H](NC/C=C/c2cccc(Cl)c2)[C@H]1NC(C)=O. The monoisotopic (exact) mass is 434 g/mol. The number of halogens is 1. The van der Waals surface area contributed by atoms with E-state index in [0.717, 1.165) is 18.4 Å². The Morgan fingerprint density at radius 1 is 1.33 bits per heavy atom.